The van der Waals surface area contributed by atoms with Gasteiger partial charge in [0.2, 0.25) is 0 Å². The van der Waals surface area contributed by atoms with Crippen LogP contribution in [0, 0.1) is 11.6 Å². The summed E-state index contributed by atoms with van der Waals surface area (Å²) in [6.07, 6.45) is 0.791. The number of hydrogen-bond acceptors (Lipinski definition) is 1. The lowest BCUT2D eigenvalue weighted by molar-refractivity contribution is 0.589. The molecule has 0 aliphatic carbocycles. The van der Waals surface area contributed by atoms with E-state index in [1.165, 1.54) is 18.2 Å². The van der Waals surface area contributed by atoms with Gasteiger partial charge >= 0.3 is 0 Å². The molecule has 0 saturated carbocycles. The van der Waals surface area contributed by atoms with Crippen LogP contribution in [0.25, 0.3) is 22.0 Å². The van der Waals surface area contributed by atoms with Crippen LogP contribution in [0.2, 0.25) is 0 Å². The molecule has 1 heterocycles. The molecule has 2 aromatic carbocycles. The van der Waals surface area contributed by atoms with Crippen LogP contribution in [-0.2, 0) is 6.42 Å². The lowest BCUT2D eigenvalue weighted by Gasteiger charge is -2.05. The van der Waals surface area contributed by atoms with E-state index in [0.29, 0.717) is 5.56 Å². The minimum absolute atomic E-state index is 0.00709. The van der Waals surface area contributed by atoms with E-state index in [0.717, 1.165) is 23.0 Å². The Hall–Kier alpha value is -2.23. The average molecular weight is 258 g/mol. The number of H-pyrrole nitrogens is 1. The fourth-order valence-corrected chi connectivity index (χ4v) is 2.26. The van der Waals surface area contributed by atoms with Gasteiger partial charge in [0.05, 0.1) is 11.1 Å². The van der Waals surface area contributed by atoms with Gasteiger partial charge in [-0.25, -0.2) is 8.78 Å². The Labute approximate surface area is 109 Å². The summed E-state index contributed by atoms with van der Waals surface area (Å²) in [5.74, 6) is -1.11. The number of nitrogens with zero attached hydrogens (tertiary/aromatic N) is 1. The maximum absolute atomic E-state index is 13.8. The first-order valence-electron chi connectivity index (χ1n) is 6.12. The number of aromatic amines is 1. The molecule has 0 aliphatic heterocycles. The highest BCUT2D eigenvalue weighted by atomic mass is 19.1. The van der Waals surface area contributed by atoms with Crippen LogP contribution in [0.4, 0.5) is 8.78 Å². The van der Waals surface area contributed by atoms with Gasteiger partial charge in [0.15, 0.2) is 0 Å². The molecule has 19 heavy (non-hydrogen) atoms. The Balaban J connectivity index is 2.25. The summed E-state index contributed by atoms with van der Waals surface area (Å²) in [6, 6.07) is 9.12. The largest absolute Gasteiger partial charge is 0.281 e. The number of fused-ring (bicyclic) bond motifs is 1. The second-order valence-electron chi connectivity index (χ2n) is 4.38. The van der Waals surface area contributed by atoms with Crippen molar-refractivity contribution >= 4 is 10.9 Å². The number of halogens is 2. The number of aryl methyl sites for hydroxylation is 1. The monoisotopic (exact) mass is 258 g/mol. The summed E-state index contributed by atoms with van der Waals surface area (Å²) in [5.41, 5.74) is 2.30. The highest BCUT2D eigenvalue weighted by Gasteiger charge is 2.12. The molecule has 0 amide bonds. The van der Waals surface area contributed by atoms with Crippen LogP contribution in [-0.4, -0.2) is 10.2 Å². The Bertz CT molecular complexity index is 727. The molecule has 3 rings (SSSR count). The number of rotatable bonds is 2. The zero-order valence-corrected chi connectivity index (χ0v) is 10.4. The van der Waals surface area contributed by atoms with E-state index in [1.54, 1.807) is 18.2 Å². The third-order valence-electron chi connectivity index (χ3n) is 3.24. The fraction of sp³-hybridized carbons (Fsp3) is 0.133. The molecule has 0 aliphatic rings. The minimum Gasteiger partial charge on any atom is -0.281 e. The van der Waals surface area contributed by atoms with Crippen molar-refractivity contribution in [2.24, 2.45) is 0 Å². The van der Waals surface area contributed by atoms with Crippen LogP contribution in [0.5, 0.6) is 0 Å². The van der Waals surface area contributed by atoms with Crippen LogP contribution >= 0.6 is 0 Å². The molecule has 0 saturated heterocycles. The molecule has 0 unspecified atom stereocenters. The SMILES string of the molecule is CCc1[nH]nc2ccc(-c3c(F)cccc3F)cc12. The smallest absolute Gasteiger partial charge is 0.133 e. The first kappa shape index (κ1) is 11.8. The zero-order valence-electron chi connectivity index (χ0n) is 10.4. The quantitative estimate of drug-likeness (QED) is 0.737. The molecule has 0 spiro atoms. The van der Waals surface area contributed by atoms with E-state index in [2.05, 4.69) is 10.2 Å². The normalized spacial score (nSPS) is 11.1. The first-order chi connectivity index (χ1) is 9.20. The molecule has 2 nitrogen and oxygen atoms in total. The van der Waals surface area contributed by atoms with Crippen molar-refractivity contribution in [3.8, 4) is 11.1 Å². The van der Waals surface area contributed by atoms with Gasteiger partial charge in [-0.1, -0.05) is 19.1 Å². The summed E-state index contributed by atoms with van der Waals surface area (Å²) >= 11 is 0. The summed E-state index contributed by atoms with van der Waals surface area (Å²) in [6.45, 7) is 2.00. The maximum atomic E-state index is 13.8. The third-order valence-corrected chi connectivity index (χ3v) is 3.24. The van der Waals surface area contributed by atoms with E-state index in [1.807, 2.05) is 6.92 Å². The van der Waals surface area contributed by atoms with Crippen molar-refractivity contribution in [3.63, 3.8) is 0 Å². The lowest BCUT2D eigenvalue weighted by atomic mass is 10.0. The van der Waals surface area contributed by atoms with Gasteiger partial charge in [-0.15, -0.1) is 0 Å². The van der Waals surface area contributed by atoms with Gasteiger partial charge in [0.25, 0.3) is 0 Å². The van der Waals surface area contributed by atoms with E-state index in [9.17, 15) is 8.78 Å². The van der Waals surface area contributed by atoms with Crippen LogP contribution in [0.1, 0.15) is 12.6 Å². The molecule has 1 N–H and O–H groups in total. The van der Waals surface area contributed by atoms with Crippen molar-refractivity contribution in [3.05, 3.63) is 53.7 Å². The van der Waals surface area contributed by atoms with Gasteiger partial charge < -0.3 is 0 Å². The maximum Gasteiger partial charge on any atom is 0.133 e. The van der Waals surface area contributed by atoms with Gasteiger partial charge in [0.1, 0.15) is 11.6 Å². The van der Waals surface area contributed by atoms with Crippen molar-refractivity contribution in [2.45, 2.75) is 13.3 Å². The van der Waals surface area contributed by atoms with E-state index in [-0.39, 0.29) is 5.56 Å². The average Bonchev–Trinajstić information content (AvgIpc) is 2.81. The Kier molecular flexibility index (Phi) is 2.78. The molecule has 0 radical (unpaired) electrons. The van der Waals surface area contributed by atoms with Gasteiger partial charge in [-0.2, -0.15) is 5.10 Å². The van der Waals surface area contributed by atoms with Crippen molar-refractivity contribution in [1.82, 2.24) is 10.2 Å². The minimum atomic E-state index is -0.555. The standard InChI is InChI=1S/C15H12F2N2/c1-2-13-10-8-9(6-7-14(10)19-18-13)15-11(16)4-3-5-12(15)17/h3-8H,2H2,1H3,(H,18,19). The van der Waals surface area contributed by atoms with Crippen LogP contribution < -0.4 is 0 Å². The van der Waals surface area contributed by atoms with E-state index < -0.39 is 11.6 Å². The lowest BCUT2D eigenvalue weighted by Crippen LogP contribution is -1.89. The molecule has 0 atom stereocenters. The van der Waals surface area contributed by atoms with E-state index >= 15 is 0 Å². The Morgan fingerprint density at radius 1 is 1.11 bits per heavy atom. The van der Waals surface area contributed by atoms with Gasteiger partial charge in [0, 0.05) is 11.1 Å². The van der Waals surface area contributed by atoms with Crippen molar-refractivity contribution in [1.29, 1.82) is 0 Å². The predicted octanol–water partition coefficient (Wildman–Crippen LogP) is 4.07. The topological polar surface area (TPSA) is 28.7 Å². The molecule has 0 fully saturated rings. The number of hydrogen-bond donors (Lipinski definition) is 1. The highest BCUT2D eigenvalue weighted by molar-refractivity contribution is 5.86. The van der Waals surface area contributed by atoms with Gasteiger partial charge in [-0.05, 0) is 36.2 Å². The summed E-state index contributed by atoms with van der Waals surface area (Å²) in [4.78, 5) is 0. The number of aromatic nitrogens is 2. The molecule has 0 bridgehead atoms. The van der Waals surface area contributed by atoms with Crippen molar-refractivity contribution < 1.29 is 8.78 Å². The fourth-order valence-electron chi connectivity index (χ4n) is 2.26. The third kappa shape index (κ3) is 1.89. The Morgan fingerprint density at radius 2 is 1.84 bits per heavy atom. The summed E-state index contributed by atoms with van der Waals surface area (Å²) < 4.78 is 27.6. The highest BCUT2D eigenvalue weighted by Crippen LogP contribution is 2.29. The van der Waals surface area contributed by atoms with Crippen LogP contribution in [0.3, 0.4) is 0 Å². The predicted molar refractivity (Wildman–Crippen MR) is 70.8 cm³/mol. The molecule has 96 valence electrons. The summed E-state index contributed by atoms with van der Waals surface area (Å²) in [5, 5.41) is 8.00. The molecular formula is C15H12F2N2. The molecule has 3 aromatic rings. The van der Waals surface area contributed by atoms with E-state index in [4.69, 9.17) is 0 Å². The first-order valence-corrected chi connectivity index (χ1v) is 6.12. The molecular weight excluding hydrogens is 246 g/mol. The molecule has 4 heteroatoms. The Morgan fingerprint density at radius 3 is 2.53 bits per heavy atom. The van der Waals surface area contributed by atoms with Gasteiger partial charge in [-0.3, -0.25) is 5.10 Å². The zero-order chi connectivity index (χ0) is 13.4. The van der Waals surface area contributed by atoms with Crippen LogP contribution in [0.15, 0.2) is 36.4 Å². The second-order valence-corrected chi connectivity index (χ2v) is 4.38. The molecule has 1 aromatic heterocycles. The number of benzene rings is 2. The summed E-state index contributed by atoms with van der Waals surface area (Å²) in [7, 11) is 0. The van der Waals surface area contributed by atoms with Crippen molar-refractivity contribution in [2.75, 3.05) is 0 Å². The second kappa shape index (κ2) is 4.46. The number of nitrogens with one attached hydrogen (secondary N) is 1.